The molecule has 0 aliphatic rings. The summed E-state index contributed by atoms with van der Waals surface area (Å²) in [5.41, 5.74) is 2.82. The van der Waals surface area contributed by atoms with Crippen LogP contribution in [-0.2, 0) is 13.5 Å². The Labute approximate surface area is 130 Å². The molecule has 114 valence electrons. The van der Waals surface area contributed by atoms with Gasteiger partial charge in [-0.2, -0.15) is 5.10 Å². The van der Waals surface area contributed by atoms with Crippen LogP contribution in [0.4, 0.5) is 4.39 Å². The first kappa shape index (κ1) is 16.0. The van der Waals surface area contributed by atoms with Crippen molar-refractivity contribution in [3.8, 4) is 0 Å². The minimum Gasteiger partial charge on any atom is -0.306 e. The summed E-state index contributed by atoms with van der Waals surface area (Å²) >= 11 is 6.29. The number of halogens is 2. The fourth-order valence-electron chi connectivity index (χ4n) is 2.48. The molecule has 1 atom stereocenters. The van der Waals surface area contributed by atoms with E-state index in [1.807, 2.05) is 13.2 Å². The van der Waals surface area contributed by atoms with Gasteiger partial charge in [0.15, 0.2) is 0 Å². The van der Waals surface area contributed by atoms with Crippen molar-refractivity contribution in [2.75, 3.05) is 6.54 Å². The van der Waals surface area contributed by atoms with Gasteiger partial charge in [-0.25, -0.2) is 4.39 Å². The van der Waals surface area contributed by atoms with Gasteiger partial charge in [0, 0.05) is 23.8 Å². The van der Waals surface area contributed by atoms with Gasteiger partial charge in [-0.05, 0) is 43.1 Å². The van der Waals surface area contributed by atoms with Gasteiger partial charge in [-0.1, -0.05) is 25.4 Å². The third kappa shape index (κ3) is 3.63. The first-order valence-electron chi connectivity index (χ1n) is 7.27. The Morgan fingerprint density at radius 2 is 2.10 bits per heavy atom. The third-order valence-electron chi connectivity index (χ3n) is 3.45. The summed E-state index contributed by atoms with van der Waals surface area (Å²) < 4.78 is 15.4. The fraction of sp³-hybridized carbons (Fsp3) is 0.438. The molecule has 21 heavy (non-hydrogen) atoms. The second-order valence-electron chi connectivity index (χ2n) is 5.11. The van der Waals surface area contributed by atoms with Crippen LogP contribution in [0, 0.1) is 5.82 Å². The van der Waals surface area contributed by atoms with E-state index < -0.39 is 0 Å². The van der Waals surface area contributed by atoms with E-state index >= 15 is 0 Å². The average Bonchev–Trinajstić information content (AvgIpc) is 2.84. The van der Waals surface area contributed by atoms with Crippen LogP contribution in [0.3, 0.4) is 0 Å². The molecule has 5 heteroatoms. The van der Waals surface area contributed by atoms with Crippen molar-refractivity contribution < 1.29 is 4.39 Å². The highest BCUT2D eigenvalue weighted by Gasteiger charge is 2.21. The Kier molecular flexibility index (Phi) is 5.37. The third-order valence-corrected chi connectivity index (χ3v) is 3.80. The lowest BCUT2D eigenvalue weighted by atomic mass is 9.98. The molecule has 0 bridgehead atoms. The Hall–Kier alpha value is -1.39. The molecule has 0 aliphatic carbocycles. The summed E-state index contributed by atoms with van der Waals surface area (Å²) in [5, 5.41) is 8.49. The Morgan fingerprint density at radius 3 is 2.76 bits per heavy atom. The van der Waals surface area contributed by atoms with Crippen LogP contribution in [0.25, 0.3) is 0 Å². The molecule has 0 fully saturated rings. The van der Waals surface area contributed by atoms with Gasteiger partial charge in [0.2, 0.25) is 0 Å². The zero-order valence-corrected chi connectivity index (χ0v) is 13.4. The molecule has 0 saturated carbocycles. The number of aryl methyl sites for hydroxylation is 2. The molecule has 1 unspecified atom stereocenters. The molecule has 0 aliphatic heterocycles. The van der Waals surface area contributed by atoms with Crippen molar-refractivity contribution in [2.24, 2.45) is 7.05 Å². The van der Waals surface area contributed by atoms with Gasteiger partial charge in [-0.3, -0.25) is 4.68 Å². The summed E-state index contributed by atoms with van der Waals surface area (Å²) in [6.45, 7) is 4.99. The number of nitrogens with one attached hydrogen (secondary N) is 1. The SMILES string of the molecule is CCCNC(c1cc(F)ccc1Cl)c1cn(C)nc1CC. The maximum Gasteiger partial charge on any atom is 0.123 e. The number of aromatic nitrogens is 2. The Bertz CT molecular complexity index is 610. The lowest BCUT2D eigenvalue weighted by Crippen LogP contribution is -2.24. The van der Waals surface area contributed by atoms with Crippen molar-refractivity contribution in [3.63, 3.8) is 0 Å². The number of hydrogen-bond acceptors (Lipinski definition) is 2. The Balaban J connectivity index is 2.49. The van der Waals surface area contributed by atoms with Gasteiger partial charge in [0.05, 0.1) is 11.7 Å². The monoisotopic (exact) mass is 309 g/mol. The number of nitrogens with zero attached hydrogens (tertiary/aromatic N) is 2. The number of rotatable bonds is 6. The summed E-state index contributed by atoms with van der Waals surface area (Å²) in [7, 11) is 1.90. The van der Waals surface area contributed by atoms with E-state index in [0.29, 0.717) is 5.02 Å². The molecular weight excluding hydrogens is 289 g/mol. The molecule has 1 aromatic heterocycles. The zero-order valence-electron chi connectivity index (χ0n) is 12.7. The molecule has 0 saturated heterocycles. The van der Waals surface area contributed by atoms with Gasteiger partial charge in [0.1, 0.15) is 5.82 Å². The largest absolute Gasteiger partial charge is 0.306 e. The minimum absolute atomic E-state index is 0.142. The molecule has 2 rings (SSSR count). The van der Waals surface area contributed by atoms with Crippen LogP contribution in [0.2, 0.25) is 5.02 Å². The second-order valence-corrected chi connectivity index (χ2v) is 5.52. The zero-order chi connectivity index (χ0) is 15.4. The smallest absolute Gasteiger partial charge is 0.123 e. The number of hydrogen-bond donors (Lipinski definition) is 1. The van der Waals surface area contributed by atoms with Crippen molar-refractivity contribution >= 4 is 11.6 Å². The van der Waals surface area contributed by atoms with E-state index in [1.54, 1.807) is 10.7 Å². The second kappa shape index (κ2) is 7.05. The summed E-state index contributed by atoms with van der Waals surface area (Å²) in [6, 6.07) is 4.35. The summed E-state index contributed by atoms with van der Waals surface area (Å²) in [5.74, 6) is -0.278. The van der Waals surface area contributed by atoms with Crippen molar-refractivity contribution in [1.29, 1.82) is 0 Å². The predicted octanol–water partition coefficient (Wildman–Crippen LogP) is 3.86. The highest BCUT2D eigenvalue weighted by Crippen LogP contribution is 2.30. The van der Waals surface area contributed by atoms with Crippen LogP contribution in [-0.4, -0.2) is 16.3 Å². The van der Waals surface area contributed by atoms with E-state index in [4.69, 9.17) is 11.6 Å². The fourth-order valence-corrected chi connectivity index (χ4v) is 2.71. The number of benzene rings is 1. The molecule has 0 radical (unpaired) electrons. The molecule has 1 N–H and O–H groups in total. The topological polar surface area (TPSA) is 29.9 Å². The standard InChI is InChI=1S/C16H21ClFN3/c1-4-8-19-16(12-9-11(18)6-7-14(12)17)13-10-21(3)20-15(13)5-2/h6-7,9-10,16,19H,4-5,8H2,1-3H3. The maximum atomic E-state index is 13.6. The molecule has 1 aromatic carbocycles. The van der Waals surface area contributed by atoms with E-state index in [2.05, 4.69) is 24.3 Å². The van der Waals surface area contributed by atoms with Gasteiger partial charge in [-0.15, -0.1) is 0 Å². The molecule has 0 amide bonds. The average molecular weight is 310 g/mol. The van der Waals surface area contributed by atoms with Crippen molar-refractivity contribution in [1.82, 2.24) is 15.1 Å². The maximum absolute atomic E-state index is 13.6. The Morgan fingerprint density at radius 1 is 1.33 bits per heavy atom. The van der Waals surface area contributed by atoms with E-state index in [9.17, 15) is 4.39 Å². The van der Waals surface area contributed by atoms with Crippen LogP contribution >= 0.6 is 11.6 Å². The normalized spacial score (nSPS) is 12.6. The molecular formula is C16H21ClFN3. The lowest BCUT2D eigenvalue weighted by Gasteiger charge is -2.20. The van der Waals surface area contributed by atoms with Crippen LogP contribution in [0.5, 0.6) is 0 Å². The first-order chi connectivity index (χ1) is 10.1. The summed E-state index contributed by atoms with van der Waals surface area (Å²) in [4.78, 5) is 0. The van der Waals surface area contributed by atoms with E-state index in [0.717, 1.165) is 36.2 Å². The molecule has 0 spiro atoms. The molecule has 1 heterocycles. The first-order valence-corrected chi connectivity index (χ1v) is 7.65. The van der Waals surface area contributed by atoms with Crippen LogP contribution in [0.15, 0.2) is 24.4 Å². The molecule has 3 nitrogen and oxygen atoms in total. The van der Waals surface area contributed by atoms with E-state index in [1.165, 1.54) is 12.1 Å². The van der Waals surface area contributed by atoms with Crippen LogP contribution < -0.4 is 5.32 Å². The van der Waals surface area contributed by atoms with Gasteiger partial charge in [0.25, 0.3) is 0 Å². The minimum atomic E-state index is -0.278. The van der Waals surface area contributed by atoms with Crippen LogP contribution in [0.1, 0.15) is 43.1 Å². The molecule has 2 aromatic rings. The van der Waals surface area contributed by atoms with Gasteiger partial charge >= 0.3 is 0 Å². The van der Waals surface area contributed by atoms with Crippen molar-refractivity contribution in [2.45, 2.75) is 32.7 Å². The highest BCUT2D eigenvalue weighted by atomic mass is 35.5. The van der Waals surface area contributed by atoms with Crippen molar-refractivity contribution in [3.05, 3.63) is 52.1 Å². The summed E-state index contributed by atoms with van der Waals surface area (Å²) in [6.07, 6.45) is 3.80. The lowest BCUT2D eigenvalue weighted by molar-refractivity contribution is 0.582. The van der Waals surface area contributed by atoms with Gasteiger partial charge < -0.3 is 5.32 Å². The van der Waals surface area contributed by atoms with E-state index in [-0.39, 0.29) is 11.9 Å². The highest BCUT2D eigenvalue weighted by molar-refractivity contribution is 6.31. The quantitative estimate of drug-likeness (QED) is 0.878. The predicted molar refractivity (Wildman–Crippen MR) is 84.1 cm³/mol.